The first-order chi connectivity index (χ1) is 12.4. The summed E-state index contributed by atoms with van der Waals surface area (Å²) in [6, 6.07) is 9.85. The molecular weight excluding hydrogens is 328 g/mol. The van der Waals surface area contributed by atoms with Crippen LogP contribution in [0.2, 0.25) is 0 Å². The Morgan fingerprint density at radius 1 is 1.19 bits per heavy atom. The molecular formula is C21H30N2O3. The monoisotopic (exact) mass is 358 g/mol. The molecule has 2 aliphatic heterocycles. The van der Waals surface area contributed by atoms with Crippen molar-refractivity contribution in [1.82, 2.24) is 9.80 Å². The first-order valence-corrected chi connectivity index (χ1v) is 9.68. The highest BCUT2D eigenvalue weighted by atomic mass is 16.5. The molecule has 0 aromatic heterocycles. The van der Waals surface area contributed by atoms with Gasteiger partial charge in [0.25, 0.3) is 0 Å². The molecule has 0 bridgehead atoms. The van der Waals surface area contributed by atoms with Gasteiger partial charge >= 0.3 is 11.8 Å². The van der Waals surface area contributed by atoms with Crippen LogP contribution >= 0.6 is 0 Å². The Hall–Kier alpha value is -1.88. The maximum Gasteiger partial charge on any atom is 0.312 e. The minimum Gasteiger partial charge on any atom is -0.376 e. The summed E-state index contributed by atoms with van der Waals surface area (Å²) < 4.78 is 5.71. The molecule has 2 fully saturated rings. The van der Waals surface area contributed by atoms with E-state index in [4.69, 9.17) is 4.74 Å². The highest BCUT2D eigenvalue weighted by Gasteiger charge is 2.34. The molecule has 3 rings (SSSR count). The van der Waals surface area contributed by atoms with E-state index in [0.717, 1.165) is 37.9 Å². The summed E-state index contributed by atoms with van der Waals surface area (Å²) in [5.74, 6) is -0.765. The minimum atomic E-state index is -0.399. The van der Waals surface area contributed by atoms with Crippen molar-refractivity contribution in [3.8, 4) is 0 Å². The Kier molecular flexibility index (Phi) is 5.97. The molecule has 1 atom stereocenters. The van der Waals surface area contributed by atoms with E-state index in [1.807, 2.05) is 30.3 Å². The Morgan fingerprint density at radius 2 is 1.88 bits per heavy atom. The molecule has 0 N–H and O–H groups in total. The predicted molar refractivity (Wildman–Crippen MR) is 100 cm³/mol. The van der Waals surface area contributed by atoms with Crippen LogP contribution in [-0.2, 0) is 20.9 Å². The maximum absolute atomic E-state index is 13.0. The van der Waals surface area contributed by atoms with Crippen LogP contribution in [0.5, 0.6) is 0 Å². The summed E-state index contributed by atoms with van der Waals surface area (Å²) in [5.41, 5.74) is 1.28. The highest BCUT2D eigenvalue weighted by Crippen LogP contribution is 2.29. The number of carbonyl (C=O) groups excluding carboxylic acids is 2. The summed E-state index contributed by atoms with van der Waals surface area (Å²) in [7, 11) is 0. The number of ether oxygens (including phenoxy) is 1. The predicted octanol–water partition coefficient (Wildman–Crippen LogP) is 2.84. The number of rotatable bonds is 4. The summed E-state index contributed by atoms with van der Waals surface area (Å²) in [5, 5.41) is 0. The number of nitrogens with zero attached hydrogens (tertiary/aromatic N) is 2. The van der Waals surface area contributed by atoms with E-state index >= 15 is 0 Å². The van der Waals surface area contributed by atoms with E-state index in [1.54, 1.807) is 9.80 Å². The van der Waals surface area contributed by atoms with Crippen molar-refractivity contribution in [2.24, 2.45) is 5.41 Å². The van der Waals surface area contributed by atoms with E-state index in [2.05, 4.69) is 13.8 Å². The molecule has 1 unspecified atom stereocenters. The van der Waals surface area contributed by atoms with Gasteiger partial charge < -0.3 is 14.5 Å². The molecule has 26 heavy (non-hydrogen) atoms. The van der Waals surface area contributed by atoms with Crippen molar-refractivity contribution in [1.29, 1.82) is 0 Å². The van der Waals surface area contributed by atoms with Gasteiger partial charge in [0, 0.05) is 32.8 Å². The fourth-order valence-electron chi connectivity index (χ4n) is 3.64. The lowest BCUT2D eigenvalue weighted by Crippen LogP contribution is -2.50. The van der Waals surface area contributed by atoms with Crippen LogP contribution in [0.15, 0.2) is 30.3 Å². The zero-order chi connectivity index (χ0) is 18.6. The molecule has 1 aromatic rings. The van der Waals surface area contributed by atoms with Crippen LogP contribution in [0.1, 0.15) is 45.1 Å². The van der Waals surface area contributed by atoms with E-state index in [0.29, 0.717) is 26.2 Å². The number of carbonyl (C=O) groups is 2. The lowest BCUT2D eigenvalue weighted by Gasteiger charge is -2.37. The molecule has 0 radical (unpaired) electrons. The molecule has 0 spiro atoms. The molecule has 2 aliphatic rings. The minimum absolute atomic E-state index is 0.0377. The van der Waals surface area contributed by atoms with Gasteiger partial charge in [-0.1, -0.05) is 44.2 Å². The second kappa shape index (κ2) is 8.21. The Labute approximate surface area is 156 Å². The number of hydrogen-bond acceptors (Lipinski definition) is 3. The van der Waals surface area contributed by atoms with Crippen LogP contribution in [-0.4, -0.2) is 54.0 Å². The third-order valence-corrected chi connectivity index (χ3v) is 5.54. The molecule has 2 amide bonds. The fraction of sp³-hybridized carbons (Fsp3) is 0.619. The number of amides is 2. The SMILES string of the molecule is CC1(C)CCN(C(=O)C(=O)N(Cc2ccccc2)CC2CCCO2)CC1. The first kappa shape index (κ1) is 18.9. The van der Waals surface area contributed by atoms with Gasteiger partial charge in [-0.3, -0.25) is 9.59 Å². The Bertz CT molecular complexity index is 613. The fourth-order valence-corrected chi connectivity index (χ4v) is 3.64. The molecule has 0 aliphatic carbocycles. The first-order valence-electron chi connectivity index (χ1n) is 9.68. The standard InChI is InChI=1S/C21H30N2O3/c1-21(2)10-12-22(13-11-21)19(24)20(25)23(16-18-9-6-14-26-18)15-17-7-4-3-5-8-17/h3-5,7-8,18H,6,9-16H2,1-2H3. The van der Waals surface area contributed by atoms with Crippen molar-refractivity contribution in [2.45, 2.75) is 52.2 Å². The van der Waals surface area contributed by atoms with Crippen molar-refractivity contribution in [3.05, 3.63) is 35.9 Å². The molecule has 0 saturated carbocycles. The largest absolute Gasteiger partial charge is 0.376 e. The third-order valence-electron chi connectivity index (χ3n) is 5.54. The molecule has 2 heterocycles. The number of hydrogen-bond donors (Lipinski definition) is 0. The average molecular weight is 358 g/mol. The lowest BCUT2D eigenvalue weighted by molar-refractivity contribution is -0.154. The maximum atomic E-state index is 13.0. The van der Waals surface area contributed by atoms with Crippen LogP contribution in [0.3, 0.4) is 0 Å². The highest BCUT2D eigenvalue weighted by molar-refractivity contribution is 6.34. The van der Waals surface area contributed by atoms with Crippen molar-refractivity contribution in [2.75, 3.05) is 26.2 Å². The van der Waals surface area contributed by atoms with Gasteiger partial charge in [0.05, 0.1) is 6.10 Å². The third kappa shape index (κ3) is 4.85. The zero-order valence-corrected chi connectivity index (χ0v) is 15.9. The van der Waals surface area contributed by atoms with E-state index in [-0.39, 0.29) is 17.4 Å². The molecule has 5 nitrogen and oxygen atoms in total. The van der Waals surface area contributed by atoms with Gasteiger partial charge in [-0.05, 0) is 36.7 Å². The van der Waals surface area contributed by atoms with Crippen LogP contribution in [0.4, 0.5) is 0 Å². The zero-order valence-electron chi connectivity index (χ0n) is 15.9. The van der Waals surface area contributed by atoms with Crippen LogP contribution in [0.25, 0.3) is 0 Å². The van der Waals surface area contributed by atoms with Gasteiger partial charge in [0.2, 0.25) is 0 Å². The second-order valence-electron chi connectivity index (χ2n) is 8.26. The van der Waals surface area contributed by atoms with Gasteiger partial charge in [0.1, 0.15) is 0 Å². The second-order valence-corrected chi connectivity index (χ2v) is 8.26. The quantitative estimate of drug-likeness (QED) is 0.778. The van der Waals surface area contributed by atoms with Crippen molar-refractivity contribution < 1.29 is 14.3 Å². The van der Waals surface area contributed by atoms with Gasteiger partial charge in [-0.25, -0.2) is 0 Å². The summed E-state index contributed by atoms with van der Waals surface area (Å²) in [6.45, 7) is 7.44. The Morgan fingerprint density at radius 3 is 2.50 bits per heavy atom. The summed E-state index contributed by atoms with van der Waals surface area (Å²) in [4.78, 5) is 29.2. The van der Waals surface area contributed by atoms with Crippen LogP contribution < -0.4 is 0 Å². The normalized spacial score (nSPS) is 22.2. The van der Waals surface area contributed by atoms with E-state index in [9.17, 15) is 9.59 Å². The lowest BCUT2D eigenvalue weighted by atomic mass is 9.82. The molecule has 5 heteroatoms. The smallest absolute Gasteiger partial charge is 0.312 e. The molecule has 142 valence electrons. The Balaban J connectivity index is 1.67. The number of likely N-dealkylation sites (tertiary alicyclic amines) is 1. The van der Waals surface area contributed by atoms with Crippen molar-refractivity contribution in [3.63, 3.8) is 0 Å². The average Bonchev–Trinajstić information content (AvgIpc) is 3.14. The molecule has 2 saturated heterocycles. The van der Waals surface area contributed by atoms with E-state index < -0.39 is 5.91 Å². The van der Waals surface area contributed by atoms with Gasteiger partial charge in [-0.15, -0.1) is 0 Å². The molecule has 1 aromatic carbocycles. The van der Waals surface area contributed by atoms with Gasteiger partial charge in [-0.2, -0.15) is 0 Å². The topological polar surface area (TPSA) is 49.9 Å². The summed E-state index contributed by atoms with van der Waals surface area (Å²) >= 11 is 0. The van der Waals surface area contributed by atoms with E-state index in [1.165, 1.54) is 0 Å². The number of benzene rings is 1. The summed E-state index contributed by atoms with van der Waals surface area (Å²) in [6.07, 6.45) is 3.89. The van der Waals surface area contributed by atoms with Crippen molar-refractivity contribution >= 4 is 11.8 Å². The number of piperidine rings is 1. The van der Waals surface area contributed by atoms with Crippen LogP contribution in [0, 0.1) is 5.41 Å². The van der Waals surface area contributed by atoms with Gasteiger partial charge in [0.15, 0.2) is 0 Å².